The van der Waals surface area contributed by atoms with E-state index in [4.69, 9.17) is 10.5 Å². The van der Waals surface area contributed by atoms with Crippen molar-refractivity contribution < 1.29 is 41.0 Å². The number of hydrogen-bond donors (Lipinski definition) is 2. The maximum Gasteiger partial charge on any atom is 0.417 e. The molecule has 3 atom stereocenters. The molecule has 0 aliphatic carbocycles. The number of imide groups is 1. The number of aliphatic hydroxyl groups is 1. The average Bonchev–Trinajstić information content (AvgIpc) is 3.81. The second-order valence-corrected chi connectivity index (χ2v) is 16.6. The first-order valence-electron chi connectivity index (χ1n) is 16.7. The van der Waals surface area contributed by atoms with E-state index in [1.165, 1.54) is 23.1 Å². The number of ether oxygens (including phenoxy) is 1. The fourth-order valence-corrected chi connectivity index (χ4v) is 8.76. The van der Waals surface area contributed by atoms with Crippen LogP contribution in [0, 0.1) is 5.41 Å². The highest BCUT2D eigenvalue weighted by Crippen LogP contribution is 2.44. The Bertz CT molecular complexity index is 2120. The van der Waals surface area contributed by atoms with Crippen molar-refractivity contribution in [1.82, 2.24) is 28.8 Å². The highest BCUT2D eigenvalue weighted by atomic mass is 32.2. The van der Waals surface area contributed by atoms with Gasteiger partial charge in [-0.2, -0.15) is 22.6 Å². The van der Waals surface area contributed by atoms with Gasteiger partial charge in [-0.15, -0.1) is 11.3 Å². The maximum atomic E-state index is 15.2. The lowest BCUT2D eigenvalue weighted by Crippen LogP contribution is -2.53. The minimum absolute atomic E-state index is 0.00841. The molecule has 0 spiro atoms. The van der Waals surface area contributed by atoms with Crippen LogP contribution in [0.1, 0.15) is 66.1 Å². The van der Waals surface area contributed by atoms with Crippen LogP contribution in [0.15, 0.2) is 96.5 Å². The minimum atomic E-state index is -5.25. The van der Waals surface area contributed by atoms with Crippen molar-refractivity contribution in [3.63, 3.8) is 0 Å². The van der Waals surface area contributed by atoms with Crippen LogP contribution in [-0.4, -0.2) is 86.8 Å². The van der Waals surface area contributed by atoms with Crippen LogP contribution in [0.5, 0.6) is 0 Å². The summed E-state index contributed by atoms with van der Waals surface area (Å²) in [6.07, 6.45) is -2.98. The normalized spacial score (nSPS) is 14.3. The van der Waals surface area contributed by atoms with Crippen molar-refractivity contribution in [3.8, 4) is 0 Å². The van der Waals surface area contributed by atoms with E-state index in [1.54, 1.807) is 60.7 Å². The van der Waals surface area contributed by atoms with E-state index in [-0.39, 0.29) is 22.0 Å². The van der Waals surface area contributed by atoms with Gasteiger partial charge in [0.15, 0.2) is 16.7 Å². The quantitative estimate of drug-likeness (QED) is 0.151. The van der Waals surface area contributed by atoms with Gasteiger partial charge in [0, 0.05) is 22.2 Å². The molecule has 13 nitrogen and oxygen atoms in total. The number of carbonyl (C=O) groups is 2. The Morgan fingerprint density at radius 1 is 0.963 bits per heavy atom. The molecule has 0 unspecified atom stereocenters. The highest BCUT2D eigenvalue weighted by molar-refractivity contribution is 7.89. The first-order chi connectivity index (χ1) is 25.5. The van der Waals surface area contributed by atoms with Gasteiger partial charge in [-0.05, 0) is 35.1 Å². The van der Waals surface area contributed by atoms with Gasteiger partial charge in [0.25, 0.3) is 15.9 Å². The predicted molar refractivity (Wildman–Crippen MR) is 194 cm³/mol. The molecule has 3 aromatic heterocycles. The van der Waals surface area contributed by atoms with Crippen molar-refractivity contribution >= 4 is 39.0 Å². The lowest BCUT2D eigenvalue weighted by molar-refractivity contribution is -0.186. The lowest BCUT2D eigenvalue weighted by Gasteiger charge is -2.34. The molecule has 0 aliphatic rings. The smallest absolute Gasteiger partial charge is 0.417 e. The molecule has 0 bridgehead atoms. The van der Waals surface area contributed by atoms with Gasteiger partial charge in [0.2, 0.25) is 0 Å². The molecule has 18 heteroatoms. The lowest BCUT2D eigenvalue weighted by atomic mass is 9.84. The summed E-state index contributed by atoms with van der Waals surface area (Å²) < 4.78 is 80.9. The van der Waals surface area contributed by atoms with Crippen molar-refractivity contribution in [3.05, 3.63) is 112 Å². The standard InChI is InChI=1S/C36H40F3N7O6S2/c1-35(2,3)17-18-45(54(50,51)29-20-44-28(19-41-29)42-22-43-44)25(21-47)26-15-16-27(53-26)32(36(37,38)39)46(34(49)52-4)33(48)31(40)30(23-11-7-5-8-12-23)24-13-9-6-10-14-24/h5-16,19-20,22,25,30-32,47H,17-18,21,40H2,1-4H3/t25-,31+,32-/m1/s1. The van der Waals surface area contributed by atoms with Crippen LogP contribution in [0.4, 0.5) is 18.0 Å². The third-order valence-corrected chi connectivity index (χ3v) is 11.7. The summed E-state index contributed by atoms with van der Waals surface area (Å²) >= 11 is 0.487. The summed E-state index contributed by atoms with van der Waals surface area (Å²) in [6, 6.07) is 13.2. The van der Waals surface area contributed by atoms with E-state index >= 15 is 13.2 Å². The van der Waals surface area contributed by atoms with Crippen molar-refractivity contribution in [2.24, 2.45) is 11.1 Å². The number of benzene rings is 2. The monoisotopic (exact) mass is 787 g/mol. The molecule has 288 valence electrons. The van der Waals surface area contributed by atoms with Crippen LogP contribution >= 0.6 is 11.3 Å². The predicted octanol–water partition coefficient (Wildman–Crippen LogP) is 5.70. The number of fused-ring (bicyclic) bond motifs is 1. The Morgan fingerprint density at radius 3 is 2.09 bits per heavy atom. The Hall–Kier alpha value is -4.75. The number of nitrogens with zero attached hydrogens (tertiary/aromatic N) is 6. The first-order valence-corrected chi connectivity index (χ1v) is 18.9. The number of aromatic nitrogens is 4. The Labute approximate surface area is 314 Å². The fraction of sp³-hybridized carbons (Fsp3) is 0.361. The van der Waals surface area contributed by atoms with Gasteiger partial charge in [0.1, 0.15) is 6.33 Å². The van der Waals surface area contributed by atoms with E-state index in [2.05, 4.69) is 15.1 Å². The minimum Gasteiger partial charge on any atom is -0.452 e. The number of rotatable bonds is 13. The van der Waals surface area contributed by atoms with Crippen molar-refractivity contribution in [2.45, 2.75) is 62.4 Å². The number of thiophene rings is 1. The number of nitrogens with two attached hydrogens (primary N) is 1. The van der Waals surface area contributed by atoms with Gasteiger partial charge in [0.05, 0.1) is 38.2 Å². The number of sulfonamides is 1. The van der Waals surface area contributed by atoms with Gasteiger partial charge in [-0.3, -0.25) is 4.79 Å². The van der Waals surface area contributed by atoms with E-state index in [1.807, 2.05) is 20.8 Å². The summed E-state index contributed by atoms with van der Waals surface area (Å²) in [5.41, 5.74) is 7.44. The molecule has 54 heavy (non-hydrogen) atoms. The van der Waals surface area contributed by atoms with Crippen molar-refractivity contribution in [1.29, 1.82) is 0 Å². The molecule has 5 aromatic rings. The van der Waals surface area contributed by atoms with Crippen LogP contribution in [0.3, 0.4) is 0 Å². The zero-order valence-corrected chi connectivity index (χ0v) is 31.4. The van der Waals surface area contributed by atoms with E-state index in [9.17, 15) is 23.1 Å². The number of amides is 2. The van der Waals surface area contributed by atoms with Crippen LogP contribution in [-0.2, 0) is 19.6 Å². The first kappa shape index (κ1) is 40.4. The third-order valence-electron chi connectivity index (χ3n) is 8.70. The molecule has 2 aromatic carbocycles. The molecule has 0 aliphatic heterocycles. The number of halogens is 3. The molecule has 0 saturated heterocycles. The Balaban J connectivity index is 1.57. The molecular weight excluding hydrogens is 748 g/mol. The number of hydrogen-bond acceptors (Lipinski definition) is 11. The van der Waals surface area contributed by atoms with Crippen LogP contribution in [0.25, 0.3) is 5.65 Å². The van der Waals surface area contributed by atoms with Gasteiger partial charge >= 0.3 is 12.3 Å². The number of methoxy groups -OCH3 is 1. The second-order valence-electron chi connectivity index (χ2n) is 13.6. The van der Waals surface area contributed by atoms with Gasteiger partial charge < -0.3 is 15.6 Å². The molecule has 3 N–H and O–H groups in total. The van der Waals surface area contributed by atoms with Crippen molar-refractivity contribution in [2.75, 3.05) is 20.3 Å². The van der Waals surface area contributed by atoms with E-state index in [0.29, 0.717) is 28.9 Å². The third kappa shape index (κ3) is 8.79. The van der Waals surface area contributed by atoms with E-state index < -0.39 is 74.2 Å². The summed E-state index contributed by atoms with van der Waals surface area (Å²) in [7, 11) is -3.66. The summed E-state index contributed by atoms with van der Waals surface area (Å²) in [4.78, 5) is 34.9. The molecule has 0 saturated carbocycles. The Kier molecular flexibility index (Phi) is 12.2. The molecular formula is C36H40F3N7O6S2. The fourth-order valence-electron chi connectivity index (χ4n) is 5.96. The number of aliphatic hydroxyl groups excluding tert-OH is 1. The second kappa shape index (κ2) is 16.3. The summed E-state index contributed by atoms with van der Waals surface area (Å²) in [5.74, 6) is -2.31. The largest absolute Gasteiger partial charge is 0.452 e. The summed E-state index contributed by atoms with van der Waals surface area (Å²) in [5, 5.41) is 14.2. The van der Waals surface area contributed by atoms with Crippen LogP contribution < -0.4 is 5.73 Å². The number of alkyl halides is 3. The molecule has 0 radical (unpaired) electrons. The maximum absolute atomic E-state index is 15.2. The molecule has 0 fully saturated rings. The molecule has 5 rings (SSSR count). The zero-order valence-electron chi connectivity index (χ0n) is 29.8. The van der Waals surface area contributed by atoms with Gasteiger partial charge in [-0.25, -0.2) is 32.6 Å². The Morgan fingerprint density at radius 2 is 1.56 bits per heavy atom. The summed E-state index contributed by atoms with van der Waals surface area (Å²) in [6.45, 7) is 4.67. The SMILES string of the molecule is COC(=O)N(C(=O)[C@@H](N)C(c1ccccc1)c1ccccc1)[C@H](c1ccc([C@@H](CO)N(CCC(C)(C)C)S(=O)(=O)c2cn3ncnc3cn2)s1)C(F)(F)F. The van der Waals surface area contributed by atoms with E-state index in [0.717, 1.165) is 23.7 Å². The average molecular weight is 788 g/mol. The van der Waals surface area contributed by atoms with Gasteiger partial charge in [-0.1, -0.05) is 81.4 Å². The van der Waals surface area contributed by atoms with Crippen LogP contribution in [0.2, 0.25) is 0 Å². The molecule has 2 amide bonds. The topological polar surface area (TPSA) is 173 Å². The highest BCUT2D eigenvalue weighted by Gasteiger charge is 2.52. The zero-order chi connectivity index (χ0) is 39.4. The number of carbonyl (C=O) groups excluding carboxylic acids is 2. The molecule has 3 heterocycles.